The largest absolute Gasteiger partial charge is 0.367 e. The van der Waals surface area contributed by atoms with Crippen LogP contribution in [0.4, 0.5) is 17.3 Å². The predicted octanol–water partition coefficient (Wildman–Crippen LogP) is 1.66. The fourth-order valence-corrected chi connectivity index (χ4v) is 2.31. The van der Waals surface area contributed by atoms with Crippen molar-refractivity contribution in [2.45, 2.75) is 19.8 Å². The van der Waals surface area contributed by atoms with Gasteiger partial charge < -0.3 is 10.2 Å². The molecule has 1 atom stereocenters. The maximum Gasteiger partial charge on any atom is 0.353 e. The fourth-order valence-electron chi connectivity index (χ4n) is 2.31. The lowest BCUT2D eigenvalue weighted by Gasteiger charge is -2.17. The van der Waals surface area contributed by atoms with Crippen molar-refractivity contribution in [3.05, 3.63) is 16.4 Å². The summed E-state index contributed by atoms with van der Waals surface area (Å²) in [6, 6.07) is 0. The molecule has 18 heavy (non-hydrogen) atoms. The summed E-state index contributed by atoms with van der Waals surface area (Å²) in [5.41, 5.74) is -0.0308. The summed E-state index contributed by atoms with van der Waals surface area (Å²) in [4.78, 5) is 20.7. The number of nitro groups is 1. The van der Waals surface area contributed by atoms with E-state index in [2.05, 4.69) is 22.2 Å². The Balaban J connectivity index is 2.36. The molecule has 1 unspecified atom stereocenters. The van der Waals surface area contributed by atoms with Gasteiger partial charge in [0.15, 0.2) is 0 Å². The molecule has 2 heterocycles. The molecule has 1 saturated heterocycles. The quantitative estimate of drug-likeness (QED) is 0.647. The number of aromatic nitrogens is 2. The van der Waals surface area contributed by atoms with Crippen LogP contribution in [0.3, 0.4) is 0 Å². The van der Waals surface area contributed by atoms with Gasteiger partial charge in [-0.1, -0.05) is 13.3 Å². The van der Waals surface area contributed by atoms with E-state index in [0.717, 1.165) is 25.9 Å². The molecule has 1 aliphatic rings. The number of hydrogen-bond acceptors (Lipinski definition) is 6. The van der Waals surface area contributed by atoms with Crippen LogP contribution >= 0.6 is 0 Å². The second kappa shape index (κ2) is 5.16. The summed E-state index contributed by atoms with van der Waals surface area (Å²) < 4.78 is 0. The first-order chi connectivity index (χ1) is 8.67. The average Bonchev–Trinajstić information content (AvgIpc) is 2.86. The van der Waals surface area contributed by atoms with Crippen molar-refractivity contribution in [1.82, 2.24) is 9.97 Å². The molecule has 1 aliphatic heterocycles. The van der Waals surface area contributed by atoms with Gasteiger partial charge in [-0.25, -0.2) is 9.97 Å². The van der Waals surface area contributed by atoms with Crippen LogP contribution < -0.4 is 10.2 Å². The van der Waals surface area contributed by atoms with Gasteiger partial charge in [-0.15, -0.1) is 0 Å². The van der Waals surface area contributed by atoms with E-state index in [9.17, 15) is 10.1 Å². The topological polar surface area (TPSA) is 84.2 Å². The SMILES string of the molecule is CCC1CCN(c2ncnc(NC)c2[N+](=O)[O-])C1. The van der Waals surface area contributed by atoms with E-state index in [0.29, 0.717) is 11.7 Å². The van der Waals surface area contributed by atoms with Crippen molar-refractivity contribution < 1.29 is 4.92 Å². The minimum atomic E-state index is -0.416. The van der Waals surface area contributed by atoms with Crippen molar-refractivity contribution in [2.75, 3.05) is 30.4 Å². The standard InChI is InChI=1S/C11H17N5O2/c1-3-8-4-5-15(6-8)11-9(16(17)18)10(12-2)13-7-14-11/h7-8H,3-6H2,1-2H3,(H,12,13,14). The van der Waals surface area contributed by atoms with E-state index in [1.54, 1.807) is 7.05 Å². The molecule has 1 aromatic rings. The lowest BCUT2D eigenvalue weighted by molar-refractivity contribution is -0.383. The minimum Gasteiger partial charge on any atom is -0.367 e. The first-order valence-electron chi connectivity index (χ1n) is 6.09. The Labute approximate surface area is 105 Å². The molecule has 7 heteroatoms. The molecule has 1 fully saturated rings. The van der Waals surface area contributed by atoms with Gasteiger partial charge in [-0.05, 0) is 12.3 Å². The highest BCUT2D eigenvalue weighted by Gasteiger charge is 2.30. The third-order valence-corrected chi connectivity index (χ3v) is 3.39. The Hall–Kier alpha value is -1.92. The summed E-state index contributed by atoms with van der Waals surface area (Å²) in [5.74, 6) is 1.29. The molecule has 0 amide bonds. The minimum absolute atomic E-state index is 0.0308. The molecular formula is C11H17N5O2. The zero-order valence-corrected chi connectivity index (χ0v) is 10.6. The number of anilines is 2. The number of nitrogens with one attached hydrogen (secondary N) is 1. The van der Waals surface area contributed by atoms with E-state index in [1.807, 2.05) is 4.90 Å². The molecule has 1 aromatic heterocycles. The van der Waals surface area contributed by atoms with Gasteiger partial charge in [0.05, 0.1) is 4.92 Å². The Morgan fingerprint density at radius 1 is 1.61 bits per heavy atom. The second-order valence-corrected chi connectivity index (χ2v) is 4.41. The third-order valence-electron chi connectivity index (χ3n) is 3.39. The van der Waals surface area contributed by atoms with Crippen molar-refractivity contribution in [1.29, 1.82) is 0 Å². The highest BCUT2D eigenvalue weighted by Crippen LogP contribution is 2.34. The van der Waals surface area contributed by atoms with Crippen LogP contribution in [0.25, 0.3) is 0 Å². The second-order valence-electron chi connectivity index (χ2n) is 4.41. The smallest absolute Gasteiger partial charge is 0.353 e. The van der Waals surface area contributed by atoms with Crippen LogP contribution in [-0.2, 0) is 0 Å². The zero-order valence-electron chi connectivity index (χ0n) is 10.6. The lowest BCUT2D eigenvalue weighted by atomic mass is 10.1. The summed E-state index contributed by atoms with van der Waals surface area (Å²) in [7, 11) is 1.62. The van der Waals surface area contributed by atoms with Gasteiger partial charge in [0.1, 0.15) is 6.33 Å². The van der Waals surface area contributed by atoms with Crippen LogP contribution in [0.15, 0.2) is 6.33 Å². The molecular weight excluding hydrogens is 234 g/mol. The Bertz CT molecular complexity index is 451. The van der Waals surface area contributed by atoms with E-state index in [4.69, 9.17) is 0 Å². The summed E-state index contributed by atoms with van der Waals surface area (Å²) in [5, 5.41) is 13.9. The molecule has 0 aromatic carbocycles. The molecule has 2 rings (SSSR count). The van der Waals surface area contributed by atoms with Crippen molar-refractivity contribution in [2.24, 2.45) is 5.92 Å². The number of rotatable bonds is 4. The maximum atomic E-state index is 11.2. The van der Waals surface area contributed by atoms with Crippen molar-refractivity contribution in [3.8, 4) is 0 Å². The summed E-state index contributed by atoms with van der Waals surface area (Å²) in [6.07, 6.45) is 3.52. The fraction of sp³-hybridized carbons (Fsp3) is 0.636. The highest BCUT2D eigenvalue weighted by molar-refractivity contribution is 5.70. The number of nitrogens with zero attached hydrogens (tertiary/aromatic N) is 4. The van der Waals surface area contributed by atoms with Gasteiger partial charge in [0, 0.05) is 20.1 Å². The van der Waals surface area contributed by atoms with Gasteiger partial charge in [-0.3, -0.25) is 10.1 Å². The zero-order chi connectivity index (χ0) is 13.1. The van der Waals surface area contributed by atoms with Crippen LogP contribution in [0.5, 0.6) is 0 Å². The van der Waals surface area contributed by atoms with Crippen molar-refractivity contribution in [3.63, 3.8) is 0 Å². The number of hydrogen-bond donors (Lipinski definition) is 1. The van der Waals surface area contributed by atoms with Crippen LogP contribution in [0.2, 0.25) is 0 Å². The maximum absolute atomic E-state index is 11.2. The van der Waals surface area contributed by atoms with Crippen LogP contribution in [-0.4, -0.2) is 35.0 Å². The first-order valence-corrected chi connectivity index (χ1v) is 6.09. The van der Waals surface area contributed by atoms with E-state index >= 15 is 0 Å². The third kappa shape index (κ3) is 2.20. The van der Waals surface area contributed by atoms with Gasteiger partial charge >= 0.3 is 5.69 Å². The summed E-state index contributed by atoms with van der Waals surface area (Å²) >= 11 is 0. The molecule has 7 nitrogen and oxygen atoms in total. The Kier molecular flexibility index (Phi) is 3.59. The molecule has 1 N–H and O–H groups in total. The molecule has 98 valence electrons. The van der Waals surface area contributed by atoms with Crippen LogP contribution in [0, 0.1) is 16.0 Å². The molecule has 0 saturated carbocycles. The predicted molar refractivity (Wildman–Crippen MR) is 68.8 cm³/mol. The van der Waals surface area contributed by atoms with Gasteiger partial charge in [0.2, 0.25) is 11.6 Å². The monoisotopic (exact) mass is 251 g/mol. The molecule has 0 bridgehead atoms. The Morgan fingerprint density at radius 3 is 2.94 bits per heavy atom. The van der Waals surface area contributed by atoms with Crippen LogP contribution in [0.1, 0.15) is 19.8 Å². The normalized spacial score (nSPS) is 19.0. The van der Waals surface area contributed by atoms with E-state index in [1.165, 1.54) is 6.33 Å². The Morgan fingerprint density at radius 2 is 2.39 bits per heavy atom. The van der Waals surface area contributed by atoms with E-state index in [-0.39, 0.29) is 11.5 Å². The first kappa shape index (κ1) is 12.5. The van der Waals surface area contributed by atoms with E-state index < -0.39 is 4.92 Å². The molecule has 0 spiro atoms. The van der Waals surface area contributed by atoms with Crippen molar-refractivity contribution >= 4 is 17.3 Å². The average molecular weight is 251 g/mol. The summed E-state index contributed by atoms with van der Waals surface area (Å²) in [6.45, 7) is 3.79. The van der Waals surface area contributed by atoms with Gasteiger partial charge in [-0.2, -0.15) is 0 Å². The molecule has 0 radical (unpaired) electrons. The molecule has 0 aliphatic carbocycles. The van der Waals surface area contributed by atoms with Gasteiger partial charge in [0.25, 0.3) is 0 Å². The highest BCUT2D eigenvalue weighted by atomic mass is 16.6. The lowest BCUT2D eigenvalue weighted by Crippen LogP contribution is -2.22.